The van der Waals surface area contributed by atoms with Gasteiger partial charge in [-0.15, -0.1) is 0 Å². The van der Waals surface area contributed by atoms with Gasteiger partial charge < -0.3 is 19.4 Å². The van der Waals surface area contributed by atoms with Crippen LogP contribution in [0, 0.1) is 19.8 Å². The van der Waals surface area contributed by atoms with Gasteiger partial charge in [0.1, 0.15) is 17.9 Å². The number of carbonyl (C=O) groups is 1. The summed E-state index contributed by atoms with van der Waals surface area (Å²) in [6.07, 6.45) is 2.01. The fraction of sp³-hybridized carbons (Fsp3) is 0.533. The molecule has 0 spiro atoms. The first kappa shape index (κ1) is 14.8. The standard InChI is InChI=1S/C15H19N3O4/c1-8-6-11(7-19)21-12(8)13(20)17-15(3,10-4-5-10)14-16-9(2)22-18-14/h6,10,19H,4-5,7H2,1-3H3,(H,17,20). The van der Waals surface area contributed by atoms with Crippen LogP contribution >= 0.6 is 0 Å². The van der Waals surface area contributed by atoms with E-state index < -0.39 is 5.54 Å². The van der Waals surface area contributed by atoms with Gasteiger partial charge in [0.15, 0.2) is 11.6 Å². The highest BCUT2D eigenvalue weighted by Crippen LogP contribution is 2.44. The van der Waals surface area contributed by atoms with Gasteiger partial charge in [0.05, 0.1) is 0 Å². The SMILES string of the molecule is Cc1nc(C(C)(NC(=O)c2oc(CO)cc2C)C2CC2)no1. The smallest absolute Gasteiger partial charge is 0.288 e. The first-order valence-corrected chi connectivity index (χ1v) is 7.27. The molecule has 0 saturated heterocycles. The highest BCUT2D eigenvalue weighted by atomic mass is 16.5. The summed E-state index contributed by atoms with van der Waals surface area (Å²) in [5.74, 6) is 1.46. The van der Waals surface area contributed by atoms with Crippen LogP contribution in [0.5, 0.6) is 0 Å². The van der Waals surface area contributed by atoms with Gasteiger partial charge in [0.25, 0.3) is 5.91 Å². The molecule has 2 aromatic heterocycles. The van der Waals surface area contributed by atoms with Crippen LogP contribution in [-0.4, -0.2) is 21.2 Å². The number of nitrogens with zero attached hydrogens (tertiary/aromatic N) is 2. The van der Waals surface area contributed by atoms with E-state index in [-0.39, 0.29) is 24.2 Å². The van der Waals surface area contributed by atoms with Crippen LogP contribution in [0.15, 0.2) is 15.0 Å². The lowest BCUT2D eigenvalue weighted by atomic mass is 9.94. The summed E-state index contributed by atoms with van der Waals surface area (Å²) < 4.78 is 10.4. The molecule has 0 aliphatic heterocycles. The molecule has 1 aliphatic carbocycles. The van der Waals surface area contributed by atoms with Crippen LogP contribution in [0.25, 0.3) is 0 Å². The number of aliphatic hydroxyl groups is 1. The van der Waals surface area contributed by atoms with E-state index in [1.54, 1.807) is 19.9 Å². The van der Waals surface area contributed by atoms with Crippen molar-refractivity contribution in [1.82, 2.24) is 15.5 Å². The van der Waals surface area contributed by atoms with E-state index in [1.165, 1.54) is 0 Å². The Balaban J connectivity index is 1.87. The van der Waals surface area contributed by atoms with Crippen LogP contribution in [0.2, 0.25) is 0 Å². The third-order valence-corrected chi connectivity index (χ3v) is 4.09. The Morgan fingerprint density at radius 1 is 1.50 bits per heavy atom. The number of aryl methyl sites for hydroxylation is 2. The van der Waals surface area contributed by atoms with E-state index in [9.17, 15) is 4.79 Å². The van der Waals surface area contributed by atoms with Crippen molar-refractivity contribution < 1.29 is 18.8 Å². The number of nitrogens with one attached hydrogen (secondary N) is 1. The molecule has 7 heteroatoms. The minimum Gasteiger partial charge on any atom is -0.453 e. The van der Waals surface area contributed by atoms with E-state index in [4.69, 9.17) is 14.0 Å². The largest absolute Gasteiger partial charge is 0.453 e. The molecule has 2 N–H and O–H groups in total. The number of hydrogen-bond acceptors (Lipinski definition) is 6. The molecule has 0 bridgehead atoms. The number of hydrogen-bond donors (Lipinski definition) is 2. The Morgan fingerprint density at radius 3 is 2.73 bits per heavy atom. The Kier molecular flexibility index (Phi) is 3.52. The summed E-state index contributed by atoms with van der Waals surface area (Å²) in [5, 5.41) is 16.1. The van der Waals surface area contributed by atoms with Crippen molar-refractivity contribution in [2.24, 2.45) is 5.92 Å². The molecule has 1 atom stereocenters. The summed E-state index contributed by atoms with van der Waals surface area (Å²) in [7, 11) is 0. The highest BCUT2D eigenvalue weighted by Gasteiger charge is 2.47. The molecule has 7 nitrogen and oxygen atoms in total. The van der Waals surface area contributed by atoms with Gasteiger partial charge in [0, 0.05) is 12.5 Å². The maximum Gasteiger partial charge on any atom is 0.288 e. The van der Waals surface area contributed by atoms with E-state index in [1.807, 2.05) is 6.92 Å². The van der Waals surface area contributed by atoms with E-state index in [0.717, 1.165) is 12.8 Å². The van der Waals surface area contributed by atoms with Crippen molar-refractivity contribution >= 4 is 5.91 Å². The highest BCUT2D eigenvalue weighted by molar-refractivity contribution is 5.93. The lowest BCUT2D eigenvalue weighted by molar-refractivity contribution is 0.0851. The van der Waals surface area contributed by atoms with Crippen molar-refractivity contribution in [2.75, 3.05) is 0 Å². The predicted molar refractivity (Wildman–Crippen MR) is 75.9 cm³/mol. The van der Waals surface area contributed by atoms with Crippen LogP contribution in [-0.2, 0) is 12.1 Å². The summed E-state index contributed by atoms with van der Waals surface area (Å²) in [6.45, 7) is 5.15. The third-order valence-electron chi connectivity index (χ3n) is 4.09. The third kappa shape index (κ3) is 2.52. The minimum atomic E-state index is -0.687. The topological polar surface area (TPSA) is 101 Å². The van der Waals surface area contributed by atoms with Gasteiger partial charge in [-0.25, -0.2) is 0 Å². The first-order valence-electron chi connectivity index (χ1n) is 7.27. The maximum absolute atomic E-state index is 12.6. The van der Waals surface area contributed by atoms with Gasteiger partial charge >= 0.3 is 0 Å². The Labute approximate surface area is 127 Å². The monoisotopic (exact) mass is 305 g/mol. The minimum absolute atomic E-state index is 0.205. The Bertz CT molecular complexity index is 701. The number of amides is 1. The molecule has 118 valence electrons. The second-order valence-electron chi connectivity index (χ2n) is 5.95. The molecule has 1 saturated carbocycles. The molecular formula is C15H19N3O4. The van der Waals surface area contributed by atoms with E-state index in [0.29, 0.717) is 23.0 Å². The lowest BCUT2D eigenvalue weighted by Crippen LogP contribution is -2.46. The summed E-state index contributed by atoms with van der Waals surface area (Å²) >= 11 is 0. The molecule has 0 aromatic carbocycles. The first-order chi connectivity index (χ1) is 10.4. The molecule has 2 heterocycles. The van der Waals surface area contributed by atoms with Crippen molar-refractivity contribution in [1.29, 1.82) is 0 Å². The van der Waals surface area contributed by atoms with Crippen molar-refractivity contribution in [3.05, 3.63) is 34.9 Å². The van der Waals surface area contributed by atoms with Gasteiger partial charge in [-0.05, 0) is 38.7 Å². The number of carbonyl (C=O) groups excluding carboxylic acids is 1. The zero-order valence-corrected chi connectivity index (χ0v) is 12.8. The zero-order chi connectivity index (χ0) is 15.9. The Morgan fingerprint density at radius 2 is 2.23 bits per heavy atom. The number of furan rings is 1. The van der Waals surface area contributed by atoms with Gasteiger partial charge in [-0.2, -0.15) is 4.98 Å². The van der Waals surface area contributed by atoms with Crippen LogP contribution in [0.1, 0.15) is 53.4 Å². The lowest BCUT2D eigenvalue weighted by Gasteiger charge is -2.27. The van der Waals surface area contributed by atoms with Crippen molar-refractivity contribution in [2.45, 2.75) is 45.8 Å². The molecule has 1 fully saturated rings. The normalized spacial score (nSPS) is 17.3. The zero-order valence-electron chi connectivity index (χ0n) is 12.8. The Hall–Kier alpha value is -2.15. The van der Waals surface area contributed by atoms with Crippen LogP contribution in [0.4, 0.5) is 0 Å². The second kappa shape index (κ2) is 5.24. The van der Waals surface area contributed by atoms with Crippen LogP contribution < -0.4 is 5.32 Å². The average Bonchev–Trinajstić information content (AvgIpc) is 3.14. The molecule has 3 rings (SSSR count). The fourth-order valence-corrected chi connectivity index (χ4v) is 2.66. The molecular weight excluding hydrogens is 286 g/mol. The molecule has 1 aliphatic rings. The number of aromatic nitrogens is 2. The summed E-state index contributed by atoms with van der Waals surface area (Å²) in [5.41, 5.74) is -0.00280. The molecule has 2 aromatic rings. The van der Waals surface area contributed by atoms with Crippen LogP contribution in [0.3, 0.4) is 0 Å². The van der Waals surface area contributed by atoms with Gasteiger partial charge in [-0.1, -0.05) is 5.16 Å². The number of rotatable bonds is 5. The second-order valence-corrected chi connectivity index (χ2v) is 5.95. The molecule has 1 unspecified atom stereocenters. The summed E-state index contributed by atoms with van der Waals surface area (Å²) in [4.78, 5) is 16.8. The van der Waals surface area contributed by atoms with Crippen molar-refractivity contribution in [3.63, 3.8) is 0 Å². The van der Waals surface area contributed by atoms with E-state index in [2.05, 4.69) is 15.5 Å². The fourth-order valence-electron chi connectivity index (χ4n) is 2.66. The van der Waals surface area contributed by atoms with E-state index >= 15 is 0 Å². The average molecular weight is 305 g/mol. The molecule has 0 radical (unpaired) electrons. The van der Waals surface area contributed by atoms with Gasteiger partial charge in [-0.3, -0.25) is 4.79 Å². The summed E-state index contributed by atoms with van der Waals surface area (Å²) in [6, 6.07) is 1.65. The maximum atomic E-state index is 12.6. The predicted octanol–water partition coefficient (Wildman–Crippen LogP) is 1.83. The quantitative estimate of drug-likeness (QED) is 0.874. The van der Waals surface area contributed by atoms with Gasteiger partial charge in [0.2, 0.25) is 5.89 Å². The number of aliphatic hydroxyl groups excluding tert-OH is 1. The molecule has 1 amide bonds. The van der Waals surface area contributed by atoms with Crippen molar-refractivity contribution in [3.8, 4) is 0 Å². The molecule has 22 heavy (non-hydrogen) atoms.